The minimum Gasteiger partial charge on any atom is -0.357 e. The molecule has 1 unspecified atom stereocenters. The third-order valence-corrected chi connectivity index (χ3v) is 7.00. The van der Waals surface area contributed by atoms with Crippen molar-refractivity contribution in [1.29, 1.82) is 0 Å². The van der Waals surface area contributed by atoms with Crippen LogP contribution in [0.1, 0.15) is 115 Å². The van der Waals surface area contributed by atoms with E-state index in [4.69, 9.17) is 5.21 Å². The standard InChI is InChI=1S/C30H51N3O4/c1-3-4-5-6-7-8-9-10-11-12-13-14-15-19-22-26(24-28(34)33-37)29(35)32-27(30(36)31-2)23-25-20-17-16-18-21-25/h16-18,20-21,26-27,37H,3-15,19,22-24H2,1-2H3,(H,31,36)(H,32,35)(H,33,34)/t26-,27?/m1/s1. The van der Waals surface area contributed by atoms with E-state index in [-0.39, 0.29) is 18.2 Å². The van der Waals surface area contributed by atoms with E-state index in [1.54, 1.807) is 5.48 Å². The first-order valence-electron chi connectivity index (χ1n) is 14.5. The highest BCUT2D eigenvalue weighted by atomic mass is 16.5. The molecule has 0 bridgehead atoms. The molecule has 7 nitrogen and oxygen atoms in total. The molecule has 3 amide bonds. The molecular weight excluding hydrogens is 466 g/mol. The van der Waals surface area contributed by atoms with Crippen LogP contribution in [-0.2, 0) is 20.8 Å². The molecule has 4 N–H and O–H groups in total. The van der Waals surface area contributed by atoms with Gasteiger partial charge in [-0.2, -0.15) is 0 Å². The molecular formula is C30H51N3O4. The molecule has 1 aromatic carbocycles. The maximum absolute atomic E-state index is 13.0. The lowest BCUT2D eigenvalue weighted by atomic mass is 9.94. The van der Waals surface area contributed by atoms with Gasteiger partial charge in [0.1, 0.15) is 6.04 Å². The van der Waals surface area contributed by atoms with E-state index in [1.165, 1.54) is 77.7 Å². The van der Waals surface area contributed by atoms with Crippen LogP contribution in [-0.4, -0.2) is 36.0 Å². The summed E-state index contributed by atoms with van der Waals surface area (Å²) < 4.78 is 0. The number of carbonyl (C=O) groups excluding carboxylic acids is 3. The molecule has 2 atom stereocenters. The van der Waals surface area contributed by atoms with Crippen LogP contribution in [0.5, 0.6) is 0 Å². The van der Waals surface area contributed by atoms with E-state index in [9.17, 15) is 14.4 Å². The first-order chi connectivity index (χ1) is 18.0. The van der Waals surface area contributed by atoms with E-state index in [0.717, 1.165) is 24.8 Å². The molecule has 7 heteroatoms. The van der Waals surface area contributed by atoms with Crippen LogP contribution in [0.25, 0.3) is 0 Å². The van der Waals surface area contributed by atoms with Crippen LogP contribution in [0.3, 0.4) is 0 Å². The summed E-state index contributed by atoms with van der Waals surface area (Å²) in [7, 11) is 1.54. The molecule has 0 aromatic heterocycles. The number of amides is 3. The van der Waals surface area contributed by atoms with E-state index in [2.05, 4.69) is 17.6 Å². The zero-order chi connectivity index (χ0) is 27.1. The largest absolute Gasteiger partial charge is 0.357 e. The maximum atomic E-state index is 13.0. The summed E-state index contributed by atoms with van der Waals surface area (Å²) >= 11 is 0. The first kappa shape index (κ1) is 32.6. The van der Waals surface area contributed by atoms with Crippen LogP contribution in [0.15, 0.2) is 30.3 Å². The van der Waals surface area contributed by atoms with Gasteiger partial charge < -0.3 is 10.6 Å². The third kappa shape index (κ3) is 16.1. The van der Waals surface area contributed by atoms with Gasteiger partial charge in [0.2, 0.25) is 17.7 Å². The fraction of sp³-hybridized carbons (Fsp3) is 0.700. The highest BCUT2D eigenvalue weighted by molar-refractivity contribution is 5.90. The predicted molar refractivity (Wildman–Crippen MR) is 149 cm³/mol. The second-order valence-corrected chi connectivity index (χ2v) is 10.2. The molecule has 37 heavy (non-hydrogen) atoms. The lowest BCUT2D eigenvalue weighted by Gasteiger charge is -2.22. The number of hydrogen-bond donors (Lipinski definition) is 4. The molecule has 0 heterocycles. The van der Waals surface area contributed by atoms with Crippen molar-refractivity contribution in [2.45, 2.75) is 122 Å². The van der Waals surface area contributed by atoms with Gasteiger partial charge in [-0.3, -0.25) is 19.6 Å². The summed E-state index contributed by atoms with van der Waals surface area (Å²) in [5, 5.41) is 14.4. The van der Waals surface area contributed by atoms with Crippen molar-refractivity contribution in [1.82, 2.24) is 16.1 Å². The summed E-state index contributed by atoms with van der Waals surface area (Å²) in [6.07, 6.45) is 18.3. The molecule has 0 aliphatic carbocycles. The van der Waals surface area contributed by atoms with Crippen LogP contribution >= 0.6 is 0 Å². The Labute approximate surface area is 224 Å². The van der Waals surface area contributed by atoms with Gasteiger partial charge in [0.25, 0.3) is 0 Å². The number of benzene rings is 1. The maximum Gasteiger partial charge on any atom is 0.244 e. The Morgan fingerprint density at radius 3 is 1.76 bits per heavy atom. The topological polar surface area (TPSA) is 108 Å². The Morgan fingerprint density at radius 2 is 1.27 bits per heavy atom. The average Bonchev–Trinajstić information content (AvgIpc) is 2.92. The molecule has 1 aromatic rings. The number of unbranched alkanes of at least 4 members (excludes halogenated alkanes) is 13. The van der Waals surface area contributed by atoms with Crippen molar-refractivity contribution >= 4 is 17.7 Å². The minimum atomic E-state index is -0.726. The normalized spacial score (nSPS) is 12.5. The summed E-state index contributed by atoms with van der Waals surface area (Å²) in [5.74, 6) is -1.79. The monoisotopic (exact) mass is 517 g/mol. The highest BCUT2D eigenvalue weighted by Crippen LogP contribution is 2.18. The quantitative estimate of drug-likeness (QED) is 0.0880. The van der Waals surface area contributed by atoms with E-state index >= 15 is 0 Å². The fourth-order valence-electron chi connectivity index (χ4n) is 4.70. The van der Waals surface area contributed by atoms with Gasteiger partial charge in [-0.1, -0.05) is 127 Å². The van der Waals surface area contributed by atoms with Gasteiger partial charge in [-0.05, 0) is 12.0 Å². The Morgan fingerprint density at radius 1 is 0.757 bits per heavy atom. The summed E-state index contributed by atoms with van der Waals surface area (Å²) in [6, 6.07) is 8.78. The minimum absolute atomic E-state index is 0.105. The van der Waals surface area contributed by atoms with Crippen molar-refractivity contribution in [2.24, 2.45) is 5.92 Å². The predicted octanol–water partition coefficient (Wildman–Crippen LogP) is 5.84. The lowest BCUT2D eigenvalue weighted by Crippen LogP contribution is -2.49. The van der Waals surface area contributed by atoms with Gasteiger partial charge in [-0.15, -0.1) is 0 Å². The second-order valence-electron chi connectivity index (χ2n) is 10.2. The zero-order valence-electron chi connectivity index (χ0n) is 23.2. The zero-order valence-corrected chi connectivity index (χ0v) is 23.2. The number of hydroxylamine groups is 1. The molecule has 0 aliphatic heterocycles. The molecule has 1 rings (SSSR count). The van der Waals surface area contributed by atoms with Crippen molar-refractivity contribution < 1.29 is 19.6 Å². The first-order valence-corrected chi connectivity index (χ1v) is 14.5. The van der Waals surface area contributed by atoms with Gasteiger partial charge in [-0.25, -0.2) is 5.48 Å². The SMILES string of the molecule is CCCCCCCCCCCCCCCC[C@H](CC(=O)NO)C(=O)NC(Cc1ccccc1)C(=O)NC. The summed E-state index contributed by atoms with van der Waals surface area (Å²) in [5.41, 5.74) is 2.57. The number of carbonyl (C=O) groups is 3. The van der Waals surface area contributed by atoms with Gasteiger partial charge in [0.15, 0.2) is 0 Å². The Balaban J connectivity index is 2.36. The van der Waals surface area contributed by atoms with E-state index in [1.807, 2.05) is 30.3 Å². The number of nitrogens with one attached hydrogen (secondary N) is 3. The number of hydrogen-bond acceptors (Lipinski definition) is 4. The van der Waals surface area contributed by atoms with E-state index in [0.29, 0.717) is 12.8 Å². The van der Waals surface area contributed by atoms with Gasteiger partial charge in [0, 0.05) is 25.8 Å². The van der Waals surface area contributed by atoms with Crippen molar-refractivity contribution in [3.05, 3.63) is 35.9 Å². The summed E-state index contributed by atoms with van der Waals surface area (Å²) in [4.78, 5) is 37.3. The molecule has 210 valence electrons. The highest BCUT2D eigenvalue weighted by Gasteiger charge is 2.26. The molecule has 0 radical (unpaired) electrons. The van der Waals surface area contributed by atoms with Crippen LogP contribution in [0.2, 0.25) is 0 Å². The Kier molecular flexibility index (Phi) is 19.1. The van der Waals surface area contributed by atoms with Crippen LogP contribution in [0, 0.1) is 5.92 Å². The van der Waals surface area contributed by atoms with Crippen molar-refractivity contribution in [3.63, 3.8) is 0 Å². The molecule has 0 saturated heterocycles. The smallest absolute Gasteiger partial charge is 0.244 e. The fourth-order valence-corrected chi connectivity index (χ4v) is 4.70. The van der Waals surface area contributed by atoms with Crippen LogP contribution < -0.4 is 16.1 Å². The third-order valence-electron chi connectivity index (χ3n) is 7.00. The van der Waals surface area contributed by atoms with Gasteiger partial charge >= 0.3 is 0 Å². The Bertz CT molecular complexity index is 742. The second kappa shape index (κ2) is 21.7. The molecule has 0 fully saturated rings. The number of rotatable bonds is 22. The lowest BCUT2D eigenvalue weighted by molar-refractivity contribution is -0.136. The molecule has 0 aliphatic rings. The molecule has 0 spiro atoms. The number of likely N-dealkylation sites (N-methyl/N-ethyl adjacent to an activating group) is 1. The average molecular weight is 518 g/mol. The van der Waals surface area contributed by atoms with Gasteiger partial charge in [0.05, 0.1) is 0 Å². The van der Waals surface area contributed by atoms with Crippen molar-refractivity contribution in [2.75, 3.05) is 7.05 Å². The summed E-state index contributed by atoms with van der Waals surface area (Å²) in [6.45, 7) is 2.25. The van der Waals surface area contributed by atoms with Crippen LogP contribution in [0.4, 0.5) is 0 Å². The van der Waals surface area contributed by atoms with Crippen molar-refractivity contribution in [3.8, 4) is 0 Å². The molecule has 0 saturated carbocycles. The Hall–Kier alpha value is -2.41. The van der Waals surface area contributed by atoms with E-state index < -0.39 is 17.9 Å².